The molecule has 0 heterocycles. The van der Waals surface area contributed by atoms with Gasteiger partial charge in [0.05, 0.1) is 0 Å². The highest BCUT2D eigenvalue weighted by molar-refractivity contribution is 5.27. The second-order valence-corrected chi connectivity index (χ2v) is 2.81. The third-order valence-electron chi connectivity index (χ3n) is 1.86. The minimum Gasteiger partial charge on any atom is -0.330 e. The first-order valence-electron chi connectivity index (χ1n) is 3.91. The van der Waals surface area contributed by atoms with Crippen molar-refractivity contribution >= 4 is 0 Å². The van der Waals surface area contributed by atoms with Gasteiger partial charge in [-0.05, 0) is 31.5 Å². The van der Waals surface area contributed by atoms with Crippen LogP contribution in [0.5, 0.6) is 0 Å². The number of hydrogen-bond acceptors (Lipinski definition) is 1. The maximum absolute atomic E-state index is 13.2. The van der Waals surface area contributed by atoms with Gasteiger partial charge in [-0.15, -0.1) is 0 Å². The van der Waals surface area contributed by atoms with Crippen LogP contribution in [0.2, 0.25) is 0 Å². The third-order valence-corrected chi connectivity index (χ3v) is 1.86. The standard InChI is InChI=1S/C9H10F3N/c1-5-8(11)6(2-3-13)4-7(10)9(5)12/h4H,2-3,13H2,1H3. The molecule has 2 N–H and O–H groups in total. The molecule has 0 unspecified atom stereocenters. The van der Waals surface area contributed by atoms with Crippen LogP contribution in [-0.4, -0.2) is 6.54 Å². The Bertz CT molecular complexity index is 323. The van der Waals surface area contributed by atoms with Gasteiger partial charge in [0.25, 0.3) is 0 Å². The summed E-state index contributed by atoms with van der Waals surface area (Å²) in [5.74, 6) is -2.86. The van der Waals surface area contributed by atoms with Crippen LogP contribution in [0, 0.1) is 24.4 Å². The van der Waals surface area contributed by atoms with E-state index in [-0.39, 0.29) is 24.1 Å². The van der Waals surface area contributed by atoms with E-state index in [1.54, 1.807) is 0 Å². The molecule has 0 saturated carbocycles. The van der Waals surface area contributed by atoms with E-state index in [1.165, 1.54) is 6.92 Å². The van der Waals surface area contributed by atoms with Gasteiger partial charge in [0.15, 0.2) is 11.6 Å². The van der Waals surface area contributed by atoms with E-state index in [0.29, 0.717) is 0 Å². The molecule has 1 aromatic carbocycles. The van der Waals surface area contributed by atoms with Crippen LogP contribution in [0.25, 0.3) is 0 Å². The molecule has 0 atom stereocenters. The molecule has 0 fully saturated rings. The Kier molecular flexibility index (Phi) is 2.93. The molecule has 1 nitrogen and oxygen atoms in total. The van der Waals surface area contributed by atoms with Crippen molar-refractivity contribution in [2.75, 3.05) is 6.54 Å². The zero-order valence-corrected chi connectivity index (χ0v) is 7.20. The third kappa shape index (κ3) is 1.83. The fourth-order valence-corrected chi connectivity index (χ4v) is 1.13. The molecule has 0 saturated heterocycles. The van der Waals surface area contributed by atoms with Gasteiger partial charge in [0, 0.05) is 5.56 Å². The fraction of sp³-hybridized carbons (Fsp3) is 0.333. The lowest BCUT2D eigenvalue weighted by atomic mass is 10.1. The molecule has 0 bridgehead atoms. The second kappa shape index (κ2) is 3.79. The number of halogens is 3. The fourth-order valence-electron chi connectivity index (χ4n) is 1.13. The van der Waals surface area contributed by atoms with Crippen LogP contribution in [0.15, 0.2) is 6.07 Å². The van der Waals surface area contributed by atoms with Crippen molar-refractivity contribution in [3.8, 4) is 0 Å². The average molecular weight is 189 g/mol. The minimum absolute atomic E-state index is 0.124. The Labute approximate surface area is 74.4 Å². The van der Waals surface area contributed by atoms with E-state index in [1.807, 2.05) is 0 Å². The van der Waals surface area contributed by atoms with E-state index in [2.05, 4.69) is 0 Å². The molecule has 0 aliphatic carbocycles. The number of nitrogens with two attached hydrogens (primary N) is 1. The maximum Gasteiger partial charge on any atom is 0.164 e. The lowest BCUT2D eigenvalue weighted by molar-refractivity contribution is 0.481. The lowest BCUT2D eigenvalue weighted by Gasteiger charge is -2.05. The van der Waals surface area contributed by atoms with Gasteiger partial charge in [0.1, 0.15) is 5.82 Å². The molecule has 13 heavy (non-hydrogen) atoms. The quantitative estimate of drug-likeness (QED) is 0.706. The van der Waals surface area contributed by atoms with Crippen LogP contribution in [0.1, 0.15) is 11.1 Å². The van der Waals surface area contributed by atoms with E-state index < -0.39 is 17.5 Å². The molecule has 0 aromatic heterocycles. The van der Waals surface area contributed by atoms with Gasteiger partial charge in [-0.3, -0.25) is 0 Å². The highest BCUT2D eigenvalue weighted by atomic mass is 19.2. The molecule has 0 radical (unpaired) electrons. The van der Waals surface area contributed by atoms with Crippen molar-refractivity contribution in [2.24, 2.45) is 5.73 Å². The molecule has 0 spiro atoms. The highest BCUT2D eigenvalue weighted by Gasteiger charge is 2.14. The molecule has 1 aromatic rings. The maximum atomic E-state index is 13.2. The molecule has 0 amide bonds. The highest BCUT2D eigenvalue weighted by Crippen LogP contribution is 2.19. The Hall–Kier alpha value is -1.03. The SMILES string of the molecule is Cc1c(F)c(F)cc(CCN)c1F. The van der Waals surface area contributed by atoms with Gasteiger partial charge in [-0.2, -0.15) is 0 Å². The second-order valence-electron chi connectivity index (χ2n) is 2.81. The summed E-state index contributed by atoms with van der Waals surface area (Å²) in [6.07, 6.45) is 0.212. The Morgan fingerprint density at radius 2 is 1.85 bits per heavy atom. The van der Waals surface area contributed by atoms with Gasteiger partial charge in [-0.25, -0.2) is 13.2 Å². The van der Waals surface area contributed by atoms with Gasteiger partial charge in [0.2, 0.25) is 0 Å². The van der Waals surface area contributed by atoms with Gasteiger partial charge < -0.3 is 5.73 Å². The van der Waals surface area contributed by atoms with Crippen LogP contribution < -0.4 is 5.73 Å². The van der Waals surface area contributed by atoms with Crippen molar-refractivity contribution in [2.45, 2.75) is 13.3 Å². The molecular formula is C9H10F3N. The summed E-state index contributed by atoms with van der Waals surface area (Å²) in [7, 11) is 0. The molecule has 1 rings (SSSR count). The van der Waals surface area contributed by atoms with Crippen molar-refractivity contribution in [3.63, 3.8) is 0 Å². The van der Waals surface area contributed by atoms with E-state index in [9.17, 15) is 13.2 Å². The van der Waals surface area contributed by atoms with E-state index in [0.717, 1.165) is 6.07 Å². The summed E-state index contributed by atoms with van der Waals surface area (Å²) < 4.78 is 38.7. The topological polar surface area (TPSA) is 26.0 Å². The average Bonchev–Trinajstić information content (AvgIpc) is 2.11. The largest absolute Gasteiger partial charge is 0.330 e. The van der Waals surface area contributed by atoms with Gasteiger partial charge >= 0.3 is 0 Å². The summed E-state index contributed by atoms with van der Waals surface area (Å²) in [6, 6.07) is 0.852. The Morgan fingerprint density at radius 1 is 1.23 bits per heavy atom. The number of benzene rings is 1. The van der Waals surface area contributed by atoms with Crippen LogP contribution in [0.3, 0.4) is 0 Å². The summed E-state index contributed by atoms with van der Waals surface area (Å²) in [4.78, 5) is 0. The normalized spacial score (nSPS) is 10.5. The zero-order valence-electron chi connectivity index (χ0n) is 7.20. The van der Waals surface area contributed by atoms with Crippen molar-refractivity contribution in [1.82, 2.24) is 0 Å². The van der Waals surface area contributed by atoms with Crippen LogP contribution in [-0.2, 0) is 6.42 Å². The zero-order chi connectivity index (χ0) is 10.0. The molecular weight excluding hydrogens is 179 g/mol. The van der Waals surface area contributed by atoms with Crippen molar-refractivity contribution in [1.29, 1.82) is 0 Å². The monoisotopic (exact) mass is 189 g/mol. The van der Waals surface area contributed by atoms with Crippen LogP contribution >= 0.6 is 0 Å². The molecule has 4 heteroatoms. The smallest absolute Gasteiger partial charge is 0.164 e. The Balaban J connectivity index is 3.24. The first-order chi connectivity index (χ1) is 6.07. The van der Waals surface area contributed by atoms with E-state index in [4.69, 9.17) is 5.73 Å². The minimum atomic E-state index is -1.13. The summed E-state index contributed by atoms with van der Waals surface area (Å²) >= 11 is 0. The molecule has 72 valence electrons. The summed E-state index contributed by atoms with van der Waals surface area (Å²) in [5.41, 5.74) is 5.02. The number of rotatable bonds is 2. The summed E-state index contributed by atoms with van der Waals surface area (Å²) in [5, 5.41) is 0. The predicted octanol–water partition coefficient (Wildman–Crippen LogP) is 1.91. The lowest BCUT2D eigenvalue weighted by Crippen LogP contribution is -2.07. The van der Waals surface area contributed by atoms with Crippen molar-refractivity contribution in [3.05, 3.63) is 34.6 Å². The number of hydrogen-bond donors (Lipinski definition) is 1. The summed E-state index contributed by atoms with van der Waals surface area (Å²) in [6.45, 7) is 1.41. The van der Waals surface area contributed by atoms with Gasteiger partial charge in [-0.1, -0.05) is 0 Å². The first kappa shape index (κ1) is 10.1. The molecule has 0 aliphatic rings. The van der Waals surface area contributed by atoms with Crippen molar-refractivity contribution < 1.29 is 13.2 Å². The Morgan fingerprint density at radius 3 is 2.38 bits per heavy atom. The first-order valence-corrected chi connectivity index (χ1v) is 3.91. The molecule has 0 aliphatic heterocycles. The van der Waals surface area contributed by atoms with E-state index >= 15 is 0 Å². The predicted molar refractivity (Wildman–Crippen MR) is 43.8 cm³/mol. The van der Waals surface area contributed by atoms with Crippen LogP contribution in [0.4, 0.5) is 13.2 Å².